The molecule has 0 aliphatic heterocycles. The number of pyridine rings is 1. The van der Waals surface area contributed by atoms with Gasteiger partial charge in [0.15, 0.2) is 0 Å². The van der Waals surface area contributed by atoms with Crippen LogP contribution in [0.2, 0.25) is 0 Å². The minimum atomic E-state index is -0.486. The molecule has 0 unspecified atom stereocenters. The molecule has 0 fully saturated rings. The zero-order valence-corrected chi connectivity index (χ0v) is 13.0. The van der Waals surface area contributed by atoms with E-state index in [1.807, 2.05) is 13.0 Å². The topological polar surface area (TPSA) is 77.3 Å². The molecular weight excluding hydrogens is 338 g/mol. The smallest absolute Gasteiger partial charge is 0.312 e. The molecule has 0 spiro atoms. The maximum Gasteiger partial charge on any atom is 0.312 e. The number of nitrogens with one attached hydrogen (secondary N) is 1. The van der Waals surface area contributed by atoms with E-state index in [0.29, 0.717) is 10.4 Å². The number of ether oxygens (including phenoxy) is 1. The number of hydrogen-bond acceptors (Lipinski definition) is 5. The molecule has 0 amide bonds. The Hall–Kier alpha value is -1.99. The standard InChI is InChI=1S/C14H14BrN3O3/c1-2-16-8-10-3-6-14(17-9-10)21-13-5-4-11(15)7-12(13)18(19)20/h3-7,9,16H,2,8H2,1H3. The SMILES string of the molecule is CCNCc1ccc(Oc2ccc(Br)cc2[N+](=O)[O-])nc1. The van der Waals surface area contributed by atoms with E-state index < -0.39 is 4.92 Å². The van der Waals surface area contributed by atoms with Crippen molar-refractivity contribution in [3.05, 3.63) is 56.7 Å². The van der Waals surface area contributed by atoms with Crippen LogP contribution in [-0.2, 0) is 6.54 Å². The van der Waals surface area contributed by atoms with Crippen molar-refractivity contribution in [3.8, 4) is 11.6 Å². The van der Waals surface area contributed by atoms with Crippen molar-refractivity contribution < 1.29 is 9.66 Å². The van der Waals surface area contributed by atoms with Gasteiger partial charge in [0, 0.05) is 29.3 Å². The Morgan fingerprint density at radius 2 is 2.19 bits per heavy atom. The van der Waals surface area contributed by atoms with Gasteiger partial charge in [0.2, 0.25) is 11.6 Å². The third-order valence-electron chi connectivity index (χ3n) is 2.71. The number of nitrogens with zero attached hydrogens (tertiary/aromatic N) is 2. The number of nitro groups is 1. The van der Waals surface area contributed by atoms with Crippen LogP contribution in [0.25, 0.3) is 0 Å². The van der Waals surface area contributed by atoms with Gasteiger partial charge in [-0.1, -0.05) is 28.9 Å². The molecule has 0 aliphatic carbocycles. The van der Waals surface area contributed by atoms with Crippen LogP contribution in [0.15, 0.2) is 41.0 Å². The number of rotatable bonds is 6. The first-order valence-corrected chi connectivity index (χ1v) is 7.17. The van der Waals surface area contributed by atoms with E-state index in [0.717, 1.165) is 18.7 Å². The maximum absolute atomic E-state index is 11.0. The van der Waals surface area contributed by atoms with Gasteiger partial charge in [-0.25, -0.2) is 4.98 Å². The lowest BCUT2D eigenvalue weighted by Crippen LogP contribution is -2.11. The predicted molar refractivity (Wildman–Crippen MR) is 82.5 cm³/mol. The molecule has 6 nitrogen and oxygen atoms in total. The number of hydrogen-bond donors (Lipinski definition) is 1. The van der Waals surface area contributed by atoms with E-state index in [4.69, 9.17) is 4.74 Å². The van der Waals surface area contributed by atoms with Crippen molar-refractivity contribution >= 4 is 21.6 Å². The zero-order valence-electron chi connectivity index (χ0n) is 11.4. The summed E-state index contributed by atoms with van der Waals surface area (Å²) in [6.45, 7) is 3.63. The molecule has 1 aromatic carbocycles. The number of halogens is 1. The highest BCUT2D eigenvalue weighted by atomic mass is 79.9. The van der Waals surface area contributed by atoms with E-state index in [9.17, 15) is 10.1 Å². The van der Waals surface area contributed by atoms with Crippen LogP contribution in [0.3, 0.4) is 0 Å². The number of benzene rings is 1. The molecular formula is C14H14BrN3O3. The molecule has 1 heterocycles. The van der Waals surface area contributed by atoms with E-state index in [-0.39, 0.29) is 11.4 Å². The molecule has 0 bridgehead atoms. The van der Waals surface area contributed by atoms with Crippen molar-refractivity contribution in [2.24, 2.45) is 0 Å². The Morgan fingerprint density at radius 3 is 2.81 bits per heavy atom. The van der Waals surface area contributed by atoms with E-state index in [1.165, 1.54) is 12.1 Å². The summed E-state index contributed by atoms with van der Waals surface area (Å²) < 4.78 is 6.11. The molecule has 2 aromatic rings. The number of aromatic nitrogens is 1. The summed E-state index contributed by atoms with van der Waals surface area (Å²) in [5, 5.41) is 14.2. The maximum atomic E-state index is 11.0. The summed E-state index contributed by atoms with van der Waals surface area (Å²) in [7, 11) is 0. The van der Waals surface area contributed by atoms with Gasteiger partial charge in [0.25, 0.3) is 0 Å². The second-order valence-electron chi connectivity index (χ2n) is 4.26. The molecule has 1 N–H and O–H groups in total. The molecule has 0 saturated heterocycles. The molecule has 7 heteroatoms. The molecule has 1 aromatic heterocycles. The summed E-state index contributed by atoms with van der Waals surface area (Å²) in [4.78, 5) is 14.7. The second-order valence-corrected chi connectivity index (χ2v) is 5.17. The molecule has 2 rings (SSSR count). The third-order valence-corrected chi connectivity index (χ3v) is 3.20. The van der Waals surface area contributed by atoms with Gasteiger partial charge >= 0.3 is 5.69 Å². The minimum Gasteiger partial charge on any atom is -0.432 e. The van der Waals surface area contributed by atoms with Crippen molar-refractivity contribution in [2.45, 2.75) is 13.5 Å². The second kappa shape index (κ2) is 7.14. The van der Waals surface area contributed by atoms with E-state index in [1.54, 1.807) is 18.3 Å². The van der Waals surface area contributed by atoms with Crippen molar-refractivity contribution in [2.75, 3.05) is 6.54 Å². The van der Waals surface area contributed by atoms with Gasteiger partial charge in [0.1, 0.15) is 0 Å². The van der Waals surface area contributed by atoms with Gasteiger partial charge in [-0.3, -0.25) is 10.1 Å². The van der Waals surface area contributed by atoms with Gasteiger partial charge in [0.05, 0.1) is 4.92 Å². The van der Waals surface area contributed by atoms with Crippen molar-refractivity contribution in [1.82, 2.24) is 10.3 Å². The summed E-state index contributed by atoms with van der Waals surface area (Å²) in [6, 6.07) is 8.18. The highest BCUT2D eigenvalue weighted by Crippen LogP contribution is 2.32. The Morgan fingerprint density at radius 1 is 1.38 bits per heavy atom. The quantitative estimate of drug-likeness (QED) is 0.634. The normalized spacial score (nSPS) is 10.4. The van der Waals surface area contributed by atoms with Crippen LogP contribution in [0.4, 0.5) is 5.69 Å². The summed E-state index contributed by atoms with van der Waals surface area (Å²) in [5.74, 6) is 0.482. The Labute approximate surface area is 130 Å². The first kappa shape index (κ1) is 15.4. The molecule has 0 aliphatic rings. The lowest BCUT2D eigenvalue weighted by atomic mass is 10.3. The van der Waals surface area contributed by atoms with Crippen LogP contribution in [0.5, 0.6) is 11.6 Å². The largest absolute Gasteiger partial charge is 0.432 e. The highest BCUT2D eigenvalue weighted by Gasteiger charge is 2.16. The lowest BCUT2D eigenvalue weighted by molar-refractivity contribution is -0.385. The van der Waals surface area contributed by atoms with Crippen LogP contribution >= 0.6 is 15.9 Å². The highest BCUT2D eigenvalue weighted by molar-refractivity contribution is 9.10. The molecule has 21 heavy (non-hydrogen) atoms. The molecule has 0 radical (unpaired) electrons. The van der Waals surface area contributed by atoms with E-state index in [2.05, 4.69) is 26.2 Å². The van der Waals surface area contributed by atoms with E-state index >= 15 is 0 Å². The van der Waals surface area contributed by atoms with Gasteiger partial charge in [-0.15, -0.1) is 0 Å². The number of nitro benzene ring substituents is 1. The van der Waals surface area contributed by atoms with Gasteiger partial charge in [-0.05, 0) is 24.2 Å². The monoisotopic (exact) mass is 351 g/mol. The lowest BCUT2D eigenvalue weighted by Gasteiger charge is -2.07. The Bertz CT molecular complexity index is 632. The van der Waals surface area contributed by atoms with Crippen LogP contribution in [0, 0.1) is 10.1 Å². The third kappa shape index (κ3) is 4.24. The Kier molecular flexibility index (Phi) is 5.24. The fourth-order valence-corrected chi connectivity index (χ4v) is 2.03. The molecule has 0 atom stereocenters. The summed E-state index contributed by atoms with van der Waals surface area (Å²) in [5.41, 5.74) is 0.914. The van der Waals surface area contributed by atoms with Crippen LogP contribution in [0.1, 0.15) is 12.5 Å². The average molecular weight is 352 g/mol. The first-order chi connectivity index (χ1) is 10.1. The van der Waals surface area contributed by atoms with Crippen molar-refractivity contribution in [1.29, 1.82) is 0 Å². The van der Waals surface area contributed by atoms with Crippen molar-refractivity contribution in [3.63, 3.8) is 0 Å². The fraction of sp³-hybridized carbons (Fsp3) is 0.214. The average Bonchev–Trinajstić information content (AvgIpc) is 2.48. The summed E-state index contributed by atoms with van der Waals surface area (Å²) in [6.07, 6.45) is 1.68. The van der Waals surface area contributed by atoms with Crippen LogP contribution < -0.4 is 10.1 Å². The zero-order chi connectivity index (χ0) is 15.2. The molecule has 110 valence electrons. The molecule has 0 saturated carbocycles. The van der Waals surface area contributed by atoms with Crippen LogP contribution in [-0.4, -0.2) is 16.5 Å². The minimum absolute atomic E-state index is 0.108. The fourth-order valence-electron chi connectivity index (χ4n) is 1.68. The van der Waals surface area contributed by atoms with Gasteiger partial charge in [-0.2, -0.15) is 0 Å². The van der Waals surface area contributed by atoms with Gasteiger partial charge < -0.3 is 10.1 Å². The Balaban J connectivity index is 2.16. The first-order valence-electron chi connectivity index (χ1n) is 6.37. The predicted octanol–water partition coefficient (Wildman–Crippen LogP) is 3.65. The summed E-state index contributed by atoms with van der Waals surface area (Å²) >= 11 is 3.20.